The van der Waals surface area contributed by atoms with Crippen LogP contribution < -0.4 is 9.80 Å². The number of anilines is 6. The predicted molar refractivity (Wildman–Crippen MR) is 191 cm³/mol. The van der Waals surface area contributed by atoms with E-state index in [2.05, 4.69) is 180 Å². The smallest absolute Gasteiger partial charge is 0.0540 e. The lowest BCUT2D eigenvalue weighted by Crippen LogP contribution is -2.11. The Morgan fingerprint density at radius 2 is 0.674 bits per heavy atom. The van der Waals surface area contributed by atoms with Crippen LogP contribution in [0.5, 0.6) is 0 Å². The van der Waals surface area contributed by atoms with Gasteiger partial charge in [-0.2, -0.15) is 9.79 Å². The highest BCUT2D eigenvalue weighted by Crippen LogP contribution is 2.47. The first-order valence-corrected chi connectivity index (χ1v) is 14.4. The Morgan fingerprint density at radius 1 is 0.395 bits per heavy atom. The lowest BCUT2D eigenvalue weighted by Gasteiger charge is -2.29. The number of para-hydroxylation sites is 4. The SMILES string of the molecule is [2H]P[3H].c1ccc(N(c2ccccc2)c2ccc3ccc4c(N(c5ccccc5)c5ccccc5)ccc5ccc2c3c54)cc1. The van der Waals surface area contributed by atoms with Crippen LogP contribution in [0.15, 0.2) is 170 Å². The van der Waals surface area contributed by atoms with Crippen molar-refractivity contribution in [2.75, 3.05) is 9.80 Å². The quantitative estimate of drug-likeness (QED) is 0.144. The molecule has 8 rings (SSSR count). The van der Waals surface area contributed by atoms with Crippen LogP contribution in [0.25, 0.3) is 32.3 Å². The van der Waals surface area contributed by atoms with Crippen LogP contribution in [0.4, 0.5) is 34.1 Å². The maximum Gasteiger partial charge on any atom is 0.0540 e. The molecule has 1 unspecified atom stereocenters. The summed E-state index contributed by atoms with van der Waals surface area (Å²) in [7, 11) is -0.417. The van der Waals surface area contributed by atoms with Gasteiger partial charge in [-0.15, -0.1) is 0 Å². The summed E-state index contributed by atoms with van der Waals surface area (Å²) in [6, 6.07) is 60.8. The largest absolute Gasteiger partial charge is 0.310 e. The topological polar surface area (TPSA) is 6.48 Å². The molecule has 0 amide bonds. The first-order valence-electron chi connectivity index (χ1n) is 15.4. The second kappa shape index (κ2) is 11.2. The monoisotopic (exact) mass is 573 g/mol. The Kier molecular flexibility index (Phi) is 6.39. The first-order chi connectivity index (χ1) is 22.3. The Labute approximate surface area is 258 Å². The van der Waals surface area contributed by atoms with Crippen LogP contribution in [0.3, 0.4) is 0 Å². The van der Waals surface area contributed by atoms with E-state index in [1.807, 2.05) is 0 Å². The van der Waals surface area contributed by atoms with Crippen LogP contribution >= 0.6 is 9.79 Å². The molecular formula is C40H31N2P. The minimum Gasteiger partial charge on any atom is -0.310 e. The van der Waals surface area contributed by atoms with E-state index in [0.29, 0.717) is 0 Å². The highest BCUT2D eigenvalue weighted by atomic mass is 31.0. The van der Waals surface area contributed by atoms with Gasteiger partial charge in [-0.05, 0) is 82.2 Å². The summed E-state index contributed by atoms with van der Waals surface area (Å²) in [5.41, 5.74) is 6.89. The molecule has 1 atom stereocenters. The molecule has 0 radical (unpaired) electrons. The molecule has 0 saturated heterocycles. The molecule has 2 nitrogen and oxygen atoms in total. The van der Waals surface area contributed by atoms with E-state index in [9.17, 15) is 0 Å². The molecule has 8 aromatic carbocycles. The molecule has 43 heavy (non-hydrogen) atoms. The number of hydrogen-bond acceptors (Lipinski definition) is 2. The standard InChI is InChI=1S/C40H28N2.H3P/c1-5-13-31(14-6-1)41(32-15-7-2-8-16-32)37-27-23-29-22-26-36-38(28-24-30-21-25-35(37)39(29)40(30)36)42(33-17-9-3-10-18-33)34-19-11-4-12-20-34;/h1-28H;1H3/i;1TD. The minimum atomic E-state index is -0.417. The lowest BCUT2D eigenvalue weighted by atomic mass is 9.91. The second-order valence-electron chi connectivity index (χ2n) is 10.6. The van der Waals surface area contributed by atoms with Crippen molar-refractivity contribution in [1.29, 1.82) is 2.56 Å². The second-order valence-corrected chi connectivity index (χ2v) is 10.6. The third-order valence-corrected chi connectivity index (χ3v) is 8.16. The number of hydrogen-bond donors (Lipinski definition) is 0. The Bertz CT molecular complexity index is 1920. The van der Waals surface area contributed by atoms with Crippen molar-refractivity contribution in [1.82, 2.24) is 0 Å². The summed E-state index contributed by atoms with van der Waals surface area (Å²) in [4.78, 5) is 4.74. The van der Waals surface area contributed by atoms with Crippen LogP contribution in [0.1, 0.15) is 0 Å². The molecule has 0 fully saturated rings. The number of benzene rings is 8. The molecule has 0 saturated carbocycles. The zero-order valence-electron chi connectivity index (χ0n) is 25.6. The van der Waals surface area contributed by atoms with Crippen molar-refractivity contribution < 1.29 is 0 Å². The number of nitrogens with zero attached hydrogens (tertiary/aromatic N) is 2. The van der Waals surface area contributed by atoms with Gasteiger partial charge in [0.2, 0.25) is 0 Å². The molecule has 0 heterocycles. The molecule has 8 aromatic rings. The van der Waals surface area contributed by atoms with Gasteiger partial charge in [-0.1, -0.05) is 109 Å². The van der Waals surface area contributed by atoms with Gasteiger partial charge in [0.15, 0.2) is 0 Å². The van der Waals surface area contributed by atoms with Crippen molar-refractivity contribution in [2.45, 2.75) is 0 Å². The minimum absolute atomic E-state index is 0.417. The van der Waals surface area contributed by atoms with Crippen LogP contribution in [-0.4, -0.2) is 2.56 Å². The molecule has 0 N–H and O–H groups in total. The fourth-order valence-electron chi connectivity index (χ4n) is 6.32. The summed E-state index contributed by atoms with van der Waals surface area (Å²) in [6.45, 7) is 0. The molecule has 0 spiro atoms. The first kappa shape index (κ1) is 24.4. The third kappa shape index (κ3) is 4.57. The van der Waals surface area contributed by atoms with Gasteiger partial charge in [0, 0.05) is 33.5 Å². The molecule has 0 aliphatic carbocycles. The number of rotatable bonds is 6. The van der Waals surface area contributed by atoms with Crippen molar-refractivity contribution in [3.63, 3.8) is 0 Å². The summed E-state index contributed by atoms with van der Waals surface area (Å²) in [5.74, 6) is 0. The van der Waals surface area contributed by atoms with Gasteiger partial charge in [0.1, 0.15) is 0 Å². The molecule has 0 bridgehead atoms. The van der Waals surface area contributed by atoms with Gasteiger partial charge in [0.05, 0.1) is 13.9 Å². The van der Waals surface area contributed by atoms with Gasteiger partial charge >= 0.3 is 0 Å². The van der Waals surface area contributed by atoms with E-state index >= 15 is 0 Å². The van der Waals surface area contributed by atoms with Crippen molar-refractivity contribution in [2.24, 2.45) is 0 Å². The van der Waals surface area contributed by atoms with Crippen molar-refractivity contribution in [3.8, 4) is 0 Å². The Balaban J connectivity index is 0.00000104. The molecular weight excluding hydrogens is 539 g/mol. The van der Waals surface area contributed by atoms with Crippen molar-refractivity contribution >= 4 is 76.2 Å². The highest BCUT2D eigenvalue weighted by molar-refractivity contribution is 6.92. The van der Waals surface area contributed by atoms with E-state index in [0.717, 1.165) is 22.7 Å². The van der Waals surface area contributed by atoms with E-state index in [1.54, 1.807) is 0 Å². The van der Waals surface area contributed by atoms with Crippen LogP contribution in [0.2, 0.25) is 0 Å². The molecule has 206 valence electrons. The summed E-state index contributed by atoms with van der Waals surface area (Å²) in [6.07, 6.45) is 0. The van der Waals surface area contributed by atoms with E-state index in [1.165, 1.54) is 43.7 Å². The fourth-order valence-corrected chi connectivity index (χ4v) is 6.32. The summed E-state index contributed by atoms with van der Waals surface area (Å²) < 4.78 is 11.8. The maximum absolute atomic E-state index is 5.90. The Morgan fingerprint density at radius 3 is 0.977 bits per heavy atom. The summed E-state index contributed by atoms with van der Waals surface area (Å²) >= 11 is 0. The molecule has 0 aliphatic rings. The van der Waals surface area contributed by atoms with E-state index in [4.69, 9.17) is 2.56 Å². The maximum atomic E-state index is 5.90. The van der Waals surface area contributed by atoms with E-state index in [-0.39, 0.29) is 0 Å². The summed E-state index contributed by atoms with van der Waals surface area (Å²) in [5, 5.41) is 7.56. The van der Waals surface area contributed by atoms with E-state index < -0.39 is 9.79 Å². The van der Waals surface area contributed by atoms with Crippen LogP contribution in [-0.2, 0) is 0 Å². The predicted octanol–water partition coefficient (Wildman–Crippen LogP) is 11.6. The molecule has 0 aliphatic heterocycles. The average Bonchev–Trinajstić information content (AvgIpc) is 3.11. The normalized spacial score (nSPS) is 11.8. The third-order valence-electron chi connectivity index (χ3n) is 8.16. The highest BCUT2D eigenvalue weighted by Gasteiger charge is 2.21. The zero-order chi connectivity index (χ0) is 30.6. The van der Waals surface area contributed by atoms with Crippen molar-refractivity contribution in [3.05, 3.63) is 170 Å². The van der Waals surface area contributed by atoms with Gasteiger partial charge in [-0.3, -0.25) is 0 Å². The Hall–Kier alpha value is -5.17. The van der Waals surface area contributed by atoms with Gasteiger partial charge in [-0.25, -0.2) is 0 Å². The molecule has 3 heteroatoms. The van der Waals surface area contributed by atoms with Gasteiger partial charge in [0.25, 0.3) is 0 Å². The average molecular weight is 574 g/mol. The molecule has 0 aromatic heterocycles. The fraction of sp³-hybridized carbons (Fsp3) is 0. The lowest BCUT2D eigenvalue weighted by molar-refractivity contribution is 1.30. The zero-order valence-corrected chi connectivity index (χ0v) is 24.6. The van der Waals surface area contributed by atoms with Crippen LogP contribution in [0, 0.1) is 0 Å². The van der Waals surface area contributed by atoms with Gasteiger partial charge < -0.3 is 9.80 Å².